The minimum absolute atomic E-state index is 0.0429. The van der Waals surface area contributed by atoms with E-state index in [0.717, 1.165) is 11.1 Å². The van der Waals surface area contributed by atoms with Gasteiger partial charge in [0.1, 0.15) is 5.78 Å². The highest BCUT2D eigenvalue weighted by atomic mass is 32.2. The van der Waals surface area contributed by atoms with E-state index in [-0.39, 0.29) is 11.5 Å². The lowest BCUT2D eigenvalue weighted by Gasteiger charge is -2.06. The van der Waals surface area contributed by atoms with Crippen molar-refractivity contribution in [1.29, 1.82) is 0 Å². The van der Waals surface area contributed by atoms with Crippen LogP contribution < -0.4 is 0 Å². The SMILES string of the molecule is CCC(=O)CCCS(=O)(=O)c1ccc(C)c(C)c1. The van der Waals surface area contributed by atoms with Crippen LogP contribution in [0.3, 0.4) is 0 Å². The van der Waals surface area contributed by atoms with Crippen LogP contribution in [-0.4, -0.2) is 20.0 Å². The summed E-state index contributed by atoms with van der Waals surface area (Å²) in [7, 11) is -3.26. The molecule has 0 atom stereocenters. The molecule has 0 heterocycles. The zero-order valence-corrected chi connectivity index (χ0v) is 12.0. The minimum atomic E-state index is -3.26. The van der Waals surface area contributed by atoms with Crippen LogP contribution in [0.1, 0.15) is 37.3 Å². The number of hydrogen-bond donors (Lipinski definition) is 0. The van der Waals surface area contributed by atoms with Crippen molar-refractivity contribution in [3.63, 3.8) is 0 Å². The smallest absolute Gasteiger partial charge is 0.178 e. The number of Topliss-reactive ketones (excluding diaryl/α,β-unsaturated/α-hetero) is 1. The molecule has 0 radical (unpaired) electrons. The molecular formula is C14H20O3S. The molecule has 1 rings (SSSR count). The Kier molecular flexibility index (Phi) is 5.08. The molecule has 0 saturated carbocycles. The molecule has 0 amide bonds. The highest BCUT2D eigenvalue weighted by molar-refractivity contribution is 7.91. The maximum atomic E-state index is 12.1. The molecule has 0 aliphatic rings. The number of hydrogen-bond acceptors (Lipinski definition) is 3. The van der Waals surface area contributed by atoms with Gasteiger partial charge in [-0.3, -0.25) is 4.79 Å². The van der Waals surface area contributed by atoms with Crippen molar-refractivity contribution in [2.75, 3.05) is 5.75 Å². The van der Waals surface area contributed by atoms with Crippen LogP contribution in [0.2, 0.25) is 0 Å². The molecule has 0 aliphatic carbocycles. The fraction of sp³-hybridized carbons (Fsp3) is 0.500. The second kappa shape index (κ2) is 6.14. The summed E-state index contributed by atoms with van der Waals surface area (Å²) in [4.78, 5) is 11.5. The van der Waals surface area contributed by atoms with Crippen molar-refractivity contribution in [3.8, 4) is 0 Å². The number of rotatable bonds is 6. The first-order valence-corrected chi connectivity index (χ1v) is 7.83. The van der Waals surface area contributed by atoms with Gasteiger partial charge in [0.15, 0.2) is 9.84 Å². The highest BCUT2D eigenvalue weighted by Crippen LogP contribution is 2.17. The lowest BCUT2D eigenvalue weighted by Crippen LogP contribution is -2.09. The van der Waals surface area contributed by atoms with E-state index >= 15 is 0 Å². The second-order valence-electron chi connectivity index (χ2n) is 4.56. The Balaban J connectivity index is 2.74. The Morgan fingerprint density at radius 1 is 1.17 bits per heavy atom. The van der Waals surface area contributed by atoms with Gasteiger partial charge in [0.2, 0.25) is 0 Å². The molecule has 100 valence electrons. The molecule has 1 aromatic rings. The van der Waals surface area contributed by atoms with Crippen LogP contribution in [-0.2, 0) is 14.6 Å². The standard InChI is InChI=1S/C14H20O3S/c1-4-13(15)6-5-9-18(16,17)14-8-7-11(2)12(3)10-14/h7-8,10H,4-6,9H2,1-3H3. The van der Waals surface area contributed by atoms with Gasteiger partial charge in [-0.1, -0.05) is 13.0 Å². The van der Waals surface area contributed by atoms with Crippen LogP contribution in [0.5, 0.6) is 0 Å². The number of aryl methyl sites for hydroxylation is 2. The summed E-state index contributed by atoms with van der Waals surface area (Å²) in [6, 6.07) is 5.16. The van der Waals surface area contributed by atoms with E-state index in [0.29, 0.717) is 24.2 Å². The number of carbonyl (C=O) groups excluding carboxylic acids is 1. The first kappa shape index (κ1) is 14.9. The third-order valence-electron chi connectivity index (χ3n) is 3.10. The monoisotopic (exact) mass is 268 g/mol. The van der Waals surface area contributed by atoms with Gasteiger partial charge < -0.3 is 0 Å². The zero-order chi connectivity index (χ0) is 13.8. The molecule has 4 heteroatoms. The lowest BCUT2D eigenvalue weighted by molar-refractivity contribution is -0.118. The van der Waals surface area contributed by atoms with Crippen LogP contribution in [0, 0.1) is 13.8 Å². The number of ketones is 1. The second-order valence-corrected chi connectivity index (χ2v) is 6.67. The molecule has 0 bridgehead atoms. The summed E-state index contributed by atoms with van der Waals surface area (Å²) in [6.45, 7) is 5.64. The summed E-state index contributed by atoms with van der Waals surface area (Å²) in [6.07, 6.45) is 1.23. The van der Waals surface area contributed by atoms with Crippen LogP contribution >= 0.6 is 0 Å². The normalized spacial score (nSPS) is 11.5. The first-order chi connectivity index (χ1) is 8.36. The predicted molar refractivity (Wildman–Crippen MR) is 72.5 cm³/mol. The van der Waals surface area contributed by atoms with E-state index in [1.807, 2.05) is 19.9 Å². The zero-order valence-electron chi connectivity index (χ0n) is 11.2. The molecule has 3 nitrogen and oxygen atoms in total. The molecule has 0 aliphatic heterocycles. The minimum Gasteiger partial charge on any atom is -0.300 e. The fourth-order valence-corrected chi connectivity index (χ4v) is 3.05. The van der Waals surface area contributed by atoms with E-state index in [1.165, 1.54) is 0 Å². The Bertz CT molecular complexity index is 530. The summed E-state index contributed by atoms with van der Waals surface area (Å²) >= 11 is 0. The van der Waals surface area contributed by atoms with E-state index in [2.05, 4.69) is 0 Å². The van der Waals surface area contributed by atoms with Gasteiger partial charge >= 0.3 is 0 Å². The molecule has 18 heavy (non-hydrogen) atoms. The third kappa shape index (κ3) is 3.95. The number of carbonyl (C=O) groups is 1. The van der Waals surface area contributed by atoms with Crippen molar-refractivity contribution >= 4 is 15.6 Å². The Morgan fingerprint density at radius 2 is 1.83 bits per heavy atom. The molecule has 0 N–H and O–H groups in total. The fourth-order valence-electron chi connectivity index (χ4n) is 1.66. The lowest BCUT2D eigenvalue weighted by atomic mass is 10.1. The van der Waals surface area contributed by atoms with Gasteiger partial charge in [0.05, 0.1) is 10.6 Å². The Morgan fingerprint density at radius 3 is 2.39 bits per heavy atom. The Hall–Kier alpha value is -1.16. The third-order valence-corrected chi connectivity index (χ3v) is 4.90. The summed E-state index contributed by atoms with van der Waals surface area (Å²) in [5.74, 6) is 0.159. The topological polar surface area (TPSA) is 51.2 Å². The predicted octanol–water partition coefficient (Wildman–Crippen LogP) is 2.84. The average molecular weight is 268 g/mol. The van der Waals surface area contributed by atoms with Gasteiger partial charge in [-0.2, -0.15) is 0 Å². The van der Waals surface area contributed by atoms with Crippen molar-refractivity contribution in [1.82, 2.24) is 0 Å². The maximum Gasteiger partial charge on any atom is 0.178 e. The molecule has 0 unspecified atom stereocenters. The van der Waals surface area contributed by atoms with Gasteiger partial charge in [-0.15, -0.1) is 0 Å². The van der Waals surface area contributed by atoms with Crippen molar-refractivity contribution in [2.45, 2.75) is 44.9 Å². The number of benzene rings is 1. The largest absolute Gasteiger partial charge is 0.300 e. The maximum absolute atomic E-state index is 12.1. The van der Waals surface area contributed by atoms with Crippen LogP contribution in [0.4, 0.5) is 0 Å². The first-order valence-electron chi connectivity index (χ1n) is 6.18. The highest BCUT2D eigenvalue weighted by Gasteiger charge is 2.15. The van der Waals surface area contributed by atoms with Crippen molar-refractivity contribution in [3.05, 3.63) is 29.3 Å². The van der Waals surface area contributed by atoms with Crippen LogP contribution in [0.15, 0.2) is 23.1 Å². The van der Waals surface area contributed by atoms with E-state index < -0.39 is 9.84 Å². The molecule has 0 aromatic heterocycles. The summed E-state index contributed by atoms with van der Waals surface area (Å²) in [5, 5.41) is 0. The molecule has 0 saturated heterocycles. The van der Waals surface area contributed by atoms with Crippen molar-refractivity contribution in [2.24, 2.45) is 0 Å². The van der Waals surface area contributed by atoms with Gasteiger partial charge in [-0.05, 0) is 43.5 Å². The van der Waals surface area contributed by atoms with Crippen molar-refractivity contribution < 1.29 is 13.2 Å². The van der Waals surface area contributed by atoms with E-state index in [4.69, 9.17) is 0 Å². The molecular weight excluding hydrogens is 248 g/mol. The molecule has 0 spiro atoms. The number of sulfone groups is 1. The molecule has 0 fully saturated rings. The Labute approximate surface area is 109 Å². The van der Waals surface area contributed by atoms with Gasteiger partial charge in [0.25, 0.3) is 0 Å². The van der Waals surface area contributed by atoms with E-state index in [1.54, 1.807) is 19.1 Å². The summed E-state index contributed by atoms with van der Waals surface area (Å²) < 4.78 is 24.1. The summed E-state index contributed by atoms with van der Waals surface area (Å²) in [5.41, 5.74) is 2.05. The van der Waals surface area contributed by atoms with Crippen LogP contribution in [0.25, 0.3) is 0 Å². The van der Waals surface area contributed by atoms with E-state index in [9.17, 15) is 13.2 Å². The quantitative estimate of drug-likeness (QED) is 0.797. The molecule has 1 aromatic carbocycles. The average Bonchev–Trinajstić information content (AvgIpc) is 2.32. The van der Waals surface area contributed by atoms with Gasteiger partial charge in [-0.25, -0.2) is 8.42 Å². The van der Waals surface area contributed by atoms with Gasteiger partial charge in [0, 0.05) is 12.8 Å².